The van der Waals surface area contributed by atoms with Gasteiger partial charge in [0.15, 0.2) is 0 Å². The maximum Gasteiger partial charge on any atom is 0.326 e. The fourth-order valence-corrected chi connectivity index (χ4v) is 2.40. The van der Waals surface area contributed by atoms with E-state index in [4.69, 9.17) is 9.84 Å². The van der Waals surface area contributed by atoms with Crippen LogP contribution < -0.4 is 0 Å². The van der Waals surface area contributed by atoms with Gasteiger partial charge in [0.2, 0.25) is 5.91 Å². The molecule has 20 heavy (non-hydrogen) atoms. The Hall–Kier alpha value is -2.08. The van der Waals surface area contributed by atoms with E-state index in [-0.39, 0.29) is 30.7 Å². The number of phenols is 1. The molecule has 2 N–H and O–H groups in total. The number of hydrogen-bond donors (Lipinski definition) is 2. The lowest BCUT2D eigenvalue weighted by Crippen LogP contribution is -2.41. The fraction of sp³-hybridized carbons (Fsp3) is 0.429. The summed E-state index contributed by atoms with van der Waals surface area (Å²) < 4.78 is 5.14. The zero-order chi connectivity index (χ0) is 14.7. The zero-order valence-electron chi connectivity index (χ0n) is 11.2. The molecular weight excluding hydrogens is 262 g/mol. The first kappa shape index (κ1) is 14.3. The van der Waals surface area contributed by atoms with Crippen molar-refractivity contribution in [3.05, 3.63) is 29.8 Å². The SMILES string of the molecule is COC1CC(C(=O)O)N(C(=O)Cc2ccccc2O)C1. The van der Waals surface area contributed by atoms with Crippen molar-refractivity contribution in [3.63, 3.8) is 0 Å². The molecule has 2 atom stereocenters. The first-order valence-electron chi connectivity index (χ1n) is 6.35. The van der Waals surface area contributed by atoms with Gasteiger partial charge in [0, 0.05) is 25.6 Å². The predicted octanol–water partition coefficient (Wildman–Crippen LogP) is 0.635. The highest BCUT2D eigenvalue weighted by Gasteiger charge is 2.39. The number of amides is 1. The summed E-state index contributed by atoms with van der Waals surface area (Å²) in [7, 11) is 1.50. The van der Waals surface area contributed by atoms with Gasteiger partial charge in [-0.15, -0.1) is 0 Å². The Labute approximate surface area is 116 Å². The summed E-state index contributed by atoms with van der Waals surface area (Å²) in [5.41, 5.74) is 0.488. The zero-order valence-corrected chi connectivity index (χ0v) is 11.2. The Bertz CT molecular complexity index is 516. The van der Waals surface area contributed by atoms with Crippen molar-refractivity contribution in [2.45, 2.75) is 25.0 Å². The van der Waals surface area contributed by atoms with E-state index in [1.54, 1.807) is 18.2 Å². The number of benzene rings is 1. The van der Waals surface area contributed by atoms with E-state index in [9.17, 15) is 14.7 Å². The topological polar surface area (TPSA) is 87.1 Å². The van der Waals surface area contributed by atoms with E-state index in [0.717, 1.165) is 0 Å². The summed E-state index contributed by atoms with van der Waals surface area (Å²) in [5, 5.41) is 18.8. The van der Waals surface area contributed by atoms with Crippen LogP contribution in [-0.2, 0) is 20.7 Å². The van der Waals surface area contributed by atoms with Crippen molar-refractivity contribution in [3.8, 4) is 5.75 Å². The normalized spacial score (nSPS) is 21.9. The second kappa shape index (κ2) is 5.92. The quantitative estimate of drug-likeness (QED) is 0.844. The predicted molar refractivity (Wildman–Crippen MR) is 70.4 cm³/mol. The van der Waals surface area contributed by atoms with Crippen LogP contribution in [0.1, 0.15) is 12.0 Å². The lowest BCUT2D eigenvalue weighted by atomic mass is 10.1. The number of likely N-dealkylation sites (tertiary alicyclic amines) is 1. The Morgan fingerprint density at radius 3 is 2.70 bits per heavy atom. The highest BCUT2D eigenvalue weighted by molar-refractivity contribution is 5.86. The molecule has 6 nitrogen and oxygen atoms in total. The number of hydrogen-bond acceptors (Lipinski definition) is 4. The lowest BCUT2D eigenvalue weighted by Gasteiger charge is -2.21. The van der Waals surface area contributed by atoms with E-state index in [2.05, 4.69) is 0 Å². The molecule has 0 radical (unpaired) electrons. The molecule has 1 saturated heterocycles. The maximum absolute atomic E-state index is 12.2. The number of rotatable bonds is 4. The minimum atomic E-state index is -1.03. The van der Waals surface area contributed by atoms with Gasteiger partial charge in [-0.25, -0.2) is 4.79 Å². The molecular formula is C14H17NO5. The molecule has 0 saturated carbocycles. The molecule has 1 aliphatic heterocycles. The van der Waals surface area contributed by atoms with E-state index < -0.39 is 12.0 Å². The fourth-order valence-electron chi connectivity index (χ4n) is 2.40. The molecule has 1 fully saturated rings. The van der Waals surface area contributed by atoms with Gasteiger partial charge in [-0.1, -0.05) is 18.2 Å². The summed E-state index contributed by atoms with van der Waals surface area (Å²) in [6.45, 7) is 0.264. The number of carboxylic acid groups (broad SMARTS) is 1. The summed E-state index contributed by atoms with van der Waals surface area (Å²) in [6, 6.07) is 5.67. The van der Waals surface area contributed by atoms with Crippen LogP contribution in [-0.4, -0.2) is 52.8 Å². The van der Waals surface area contributed by atoms with Crippen molar-refractivity contribution >= 4 is 11.9 Å². The average molecular weight is 279 g/mol. The maximum atomic E-state index is 12.2. The molecule has 6 heteroatoms. The molecule has 108 valence electrons. The smallest absolute Gasteiger partial charge is 0.326 e. The van der Waals surface area contributed by atoms with Crippen molar-refractivity contribution in [1.29, 1.82) is 0 Å². The van der Waals surface area contributed by atoms with Crippen LogP contribution >= 0.6 is 0 Å². The van der Waals surface area contributed by atoms with Gasteiger partial charge in [0.25, 0.3) is 0 Å². The van der Waals surface area contributed by atoms with Crippen LogP contribution in [0.15, 0.2) is 24.3 Å². The minimum Gasteiger partial charge on any atom is -0.508 e. The number of para-hydroxylation sites is 1. The van der Waals surface area contributed by atoms with Crippen LogP contribution in [0.3, 0.4) is 0 Å². The van der Waals surface area contributed by atoms with Crippen molar-refractivity contribution in [2.75, 3.05) is 13.7 Å². The largest absolute Gasteiger partial charge is 0.508 e. The highest BCUT2D eigenvalue weighted by atomic mass is 16.5. The molecule has 0 aromatic heterocycles. The number of carbonyl (C=O) groups is 2. The van der Waals surface area contributed by atoms with Gasteiger partial charge in [0.1, 0.15) is 11.8 Å². The standard InChI is InChI=1S/C14H17NO5/c1-20-10-7-11(14(18)19)15(8-10)13(17)6-9-4-2-3-5-12(9)16/h2-5,10-11,16H,6-8H2,1H3,(H,18,19). The van der Waals surface area contributed by atoms with Gasteiger partial charge >= 0.3 is 5.97 Å². The monoisotopic (exact) mass is 279 g/mol. The van der Waals surface area contributed by atoms with Crippen molar-refractivity contribution < 1.29 is 24.5 Å². The third-order valence-corrected chi connectivity index (χ3v) is 3.53. The van der Waals surface area contributed by atoms with E-state index >= 15 is 0 Å². The van der Waals surface area contributed by atoms with Gasteiger partial charge in [-0.2, -0.15) is 0 Å². The number of carbonyl (C=O) groups excluding carboxylic acids is 1. The highest BCUT2D eigenvalue weighted by Crippen LogP contribution is 2.23. The molecule has 0 aliphatic carbocycles. The molecule has 1 aromatic rings. The average Bonchev–Trinajstić information content (AvgIpc) is 2.86. The molecule has 1 heterocycles. The Morgan fingerprint density at radius 2 is 2.10 bits per heavy atom. The Balaban J connectivity index is 2.11. The number of carboxylic acids is 1. The summed E-state index contributed by atoms with van der Waals surface area (Å²) in [5.74, 6) is -1.32. The number of nitrogens with zero attached hydrogens (tertiary/aromatic N) is 1. The number of aromatic hydroxyl groups is 1. The molecule has 1 amide bonds. The first-order chi connectivity index (χ1) is 9.52. The second-order valence-corrected chi connectivity index (χ2v) is 4.80. The molecule has 2 rings (SSSR count). The number of phenolic OH excluding ortho intramolecular Hbond substituents is 1. The number of methoxy groups -OCH3 is 1. The van der Waals surface area contributed by atoms with Crippen molar-refractivity contribution in [2.24, 2.45) is 0 Å². The second-order valence-electron chi connectivity index (χ2n) is 4.80. The summed E-state index contributed by atoms with van der Waals surface area (Å²) in [4.78, 5) is 24.7. The third kappa shape index (κ3) is 2.91. The molecule has 2 unspecified atom stereocenters. The van der Waals surface area contributed by atoms with Gasteiger partial charge < -0.3 is 19.8 Å². The van der Waals surface area contributed by atoms with Gasteiger partial charge in [-0.05, 0) is 6.07 Å². The first-order valence-corrected chi connectivity index (χ1v) is 6.35. The molecule has 0 spiro atoms. The molecule has 1 aliphatic rings. The van der Waals surface area contributed by atoms with Crippen LogP contribution in [0.2, 0.25) is 0 Å². The minimum absolute atomic E-state index is 0.0209. The lowest BCUT2D eigenvalue weighted by molar-refractivity contribution is -0.148. The summed E-state index contributed by atoms with van der Waals surface area (Å²) >= 11 is 0. The Morgan fingerprint density at radius 1 is 1.40 bits per heavy atom. The Kier molecular flexibility index (Phi) is 4.24. The van der Waals surface area contributed by atoms with E-state index in [1.807, 2.05) is 0 Å². The summed E-state index contributed by atoms with van der Waals surface area (Å²) in [6.07, 6.45) is 0.00928. The molecule has 0 bridgehead atoms. The third-order valence-electron chi connectivity index (χ3n) is 3.53. The van der Waals surface area contributed by atoms with E-state index in [0.29, 0.717) is 12.0 Å². The van der Waals surface area contributed by atoms with Crippen LogP contribution in [0.25, 0.3) is 0 Å². The van der Waals surface area contributed by atoms with Crippen LogP contribution in [0.4, 0.5) is 0 Å². The van der Waals surface area contributed by atoms with Crippen molar-refractivity contribution in [1.82, 2.24) is 4.90 Å². The van der Waals surface area contributed by atoms with Crippen LogP contribution in [0.5, 0.6) is 5.75 Å². The van der Waals surface area contributed by atoms with Gasteiger partial charge in [0.05, 0.1) is 12.5 Å². The van der Waals surface area contributed by atoms with Gasteiger partial charge in [-0.3, -0.25) is 4.79 Å². The van der Waals surface area contributed by atoms with Crippen LogP contribution in [0, 0.1) is 0 Å². The van der Waals surface area contributed by atoms with E-state index in [1.165, 1.54) is 18.1 Å². The number of aliphatic carboxylic acids is 1. The molecule has 1 aromatic carbocycles. The number of ether oxygens (including phenoxy) is 1.